The Bertz CT molecular complexity index is 978. The number of fused-ring (bicyclic) bond motifs is 1. The van der Waals surface area contributed by atoms with E-state index in [1.165, 1.54) is 12.1 Å². The standard InChI is InChI=1S/C16H14FN3O6S/c17-11-2-4-12(5-3-11)27(23,24)18-8-15(21)19-20-16(22)10-1-6-13-14(7-10)26-9-25-13/h1-7,18H,8-9H2,(H,19,21)(H,20,22). The largest absolute Gasteiger partial charge is 0.454 e. The van der Waals surface area contributed by atoms with Gasteiger partial charge in [-0.2, -0.15) is 0 Å². The molecule has 0 atom stereocenters. The van der Waals surface area contributed by atoms with E-state index in [1.807, 2.05) is 4.72 Å². The molecule has 0 aromatic heterocycles. The third kappa shape index (κ3) is 4.51. The predicted octanol–water partition coefficient (Wildman–Crippen LogP) is 0.294. The molecule has 2 aromatic carbocycles. The lowest BCUT2D eigenvalue weighted by molar-refractivity contribution is -0.120. The summed E-state index contributed by atoms with van der Waals surface area (Å²) in [6, 6.07) is 8.58. The van der Waals surface area contributed by atoms with Crippen LogP contribution in [0.2, 0.25) is 0 Å². The summed E-state index contributed by atoms with van der Waals surface area (Å²) >= 11 is 0. The maximum Gasteiger partial charge on any atom is 0.269 e. The molecule has 1 aliphatic rings. The lowest BCUT2D eigenvalue weighted by Gasteiger charge is -2.09. The van der Waals surface area contributed by atoms with Gasteiger partial charge in [-0.05, 0) is 42.5 Å². The van der Waals surface area contributed by atoms with Crippen LogP contribution in [0.4, 0.5) is 4.39 Å². The monoisotopic (exact) mass is 395 g/mol. The van der Waals surface area contributed by atoms with Crippen molar-refractivity contribution >= 4 is 21.8 Å². The van der Waals surface area contributed by atoms with E-state index in [-0.39, 0.29) is 17.3 Å². The molecule has 2 aromatic rings. The lowest BCUT2D eigenvalue weighted by atomic mass is 10.2. The molecule has 0 fully saturated rings. The van der Waals surface area contributed by atoms with E-state index in [4.69, 9.17) is 9.47 Å². The molecule has 0 bridgehead atoms. The van der Waals surface area contributed by atoms with Gasteiger partial charge in [-0.25, -0.2) is 17.5 Å². The highest BCUT2D eigenvalue weighted by molar-refractivity contribution is 7.89. The van der Waals surface area contributed by atoms with E-state index in [2.05, 4.69) is 10.9 Å². The summed E-state index contributed by atoms with van der Waals surface area (Å²) in [6.07, 6.45) is 0. The molecule has 142 valence electrons. The first-order chi connectivity index (χ1) is 12.8. The van der Waals surface area contributed by atoms with Crippen LogP contribution < -0.4 is 25.0 Å². The van der Waals surface area contributed by atoms with E-state index < -0.39 is 34.2 Å². The van der Waals surface area contributed by atoms with E-state index >= 15 is 0 Å². The fourth-order valence-electron chi connectivity index (χ4n) is 2.14. The summed E-state index contributed by atoms with van der Waals surface area (Å²) in [7, 11) is -3.99. The highest BCUT2D eigenvalue weighted by Crippen LogP contribution is 2.32. The van der Waals surface area contributed by atoms with Gasteiger partial charge >= 0.3 is 0 Å². The van der Waals surface area contributed by atoms with E-state index in [9.17, 15) is 22.4 Å². The van der Waals surface area contributed by atoms with Crippen LogP contribution in [0.15, 0.2) is 47.4 Å². The van der Waals surface area contributed by atoms with Crippen LogP contribution in [0, 0.1) is 5.82 Å². The number of rotatable bonds is 5. The number of amides is 2. The van der Waals surface area contributed by atoms with Crippen molar-refractivity contribution in [1.82, 2.24) is 15.6 Å². The Hall–Kier alpha value is -3.18. The molecular weight excluding hydrogens is 381 g/mol. The van der Waals surface area contributed by atoms with Crippen molar-refractivity contribution in [2.45, 2.75) is 4.90 Å². The molecule has 0 radical (unpaired) electrons. The van der Waals surface area contributed by atoms with Crippen molar-refractivity contribution in [2.24, 2.45) is 0 Å². The highest BCUT2D eigenvalue weighted by Gasteiger charge is 2.18. The molecule has 11 heteroatoms. The minimum Gasteiger partial charge on any atom is -0.454 e. The molecule has 27 heavy (non-hydrogen) atoms. The predicted molar refractivity (Wildman–Crippen MR) is 89.8 cm³/mol. The van der Waals surface area contributed by atoms with Gasteiger partial charge in [0.2, 0.25) is 16.8 Å². The van der Waals surface area contributed by atoms with E-state index in [0.717, 1.165) is 24.3 Å². The van der Waals surface area contributed by atoms with E-state index in [0.29, 0.717) is 11.5 Å². The Morgan fingerprint density at radius 1 is 1.00 bits per heavy atom. The van der Waals surface area contributed by atoms with Gasteiger partial charge in [0, 0.05) is 5.56 Å². The average Bonchev–Trinajstić information content (AvgIpc) is 3.12. The second-order valence-electron chi connectivity index (χ2n) is 5.35. The van der Waals surface area contributed by atoms with Crippen molar-refractivity contribution in [3.63, 3.8) is 0 Å². The molecule has 0 aliphatic carbocycles. The molecule has 0 unspecified atom stereocenters. The minimum atomic E-state index is -3.99. The molecule has 1 heterocycles. The zero-order valence-corrected chi connectivity index (χ0v) is 14.5. The Kier molecular flexibility index (Phi) is 5.23. The smallest absolute Gasteiger partial charge is 0.269 e. The summed E-state index contributed by atoms with van der Waals surface area (Å²) in [6.45, 7) is -0.563. The maximum absolute atomic E-state index is 12.8. The van der Waals surface area contributed by atoms with Crippen LogP contribution in [-0.2, 0) is 14.8 Å². The van der Waals surface area contributed by atoms with Gasteiger partial charge in [0.05, 0.1) is 11.4 Å². The number of sulfonamides is 1. The molecule has 3 N–H and O–H groups in total. The average molecular weight is 395 g/mol. The molecule has 2 amide bonds. The third-order valence-electron chi connectivity index (χ3n) is 3.50. The Morgan fingerprint density at radius 2 is 1.70 bits per heavy atom. The van der Waals surface area contributed by atoms with Crippen molar-refractivity contribution in [3.8, 4) is 11.5 Å². The third-order valence-corrected chi connectivity index (χ3v) is 4.91. The second kappa shape index (κ2) is 7.60. The summed E-state index contributed by atoms with van der Waals surface area (Å²) in [5.74, 6) is -1.09. The SMILES string of the molecule is O=C(CNS(=O)(=O)c1ccc(F)cc1)NNC(=O)c1ccc2c(c1)OCO2. The molecule has 0 saturated carbocycles. The van der Waals surface area contributed by atoms with Crippen molar-refractivity contribution in [2.75, 3.05) is 13.3 Å². The van der Waals surface area contributed by atoms with Gasteiger partial charge in [0.25, 0.3) is 11.8 Å². The van der Waals surface area contributed by atoms with Crippen LogP contribution in [0.5, 0.6) is 11.5 Å². The highest BCUT2D eigenvalue weighted by atomic mass is 32.2. The first-order valence-corrected chi connectivity index (χ1v) is 9.07. The number of halogens is 1. The topological polar surface area (TPSA) is 123 Å². The fraction of sp³-hybridized carbons (Fsp3) is 0.125. The first-order valence-electron chi connectivity index (χ1n) is 7.59. The fourth-order valence-corrected chi connectivity index (χ4v) is 3.12. The first kappa shape index (κ1) is 18.6. The zero-order valence-electron chi connectivity index (χ0n) is 13.7. The van der Waals surface area contributed by atoms with Crippen LogP contribution in [0.25, 0.3) is 0 Å². The Balaban J connectivity index is 1.50. The quantitative estimate of drug-likeness (QED) is 0.626. The van der Waals surface area contributed by atoms with Crippen LogP contribution in [-0.4, -0.2) is 33.6 Å². The number of hydrazine groups is 1. The van der Waals surface area contributed by atoms with Gasteiger partial charge < -0.3 is 9.47 Å². The zero-order chi connectivity index (χ0) is 19.4. The van der Waals surface area contributed by atoms with Gasteiger partial charge in [-0.1, -0.05) is 0 Å². The van der Waals surface area contributed by atoms with Crippen LogP contribution in [0.1, 0.15) is 10.4 Å². The van der Waals surface area contributed by atoms with Crippen LogP contribution in [0.3, 0.4) is 0 Å². The van der Waals surface area contributed by atoms with Crippen molar-refractivity contribution in [3.05, 3.63) is 53.8 Å². The molecular formula is C16H14FN3O6S. The number of ether oxygens (including phenoxy) is 2. The molecule has 9 nitrogen and oxygen atoms in total. The number of benzene rings is 2. The van der Waals surface area contributed by atoms with Gasteiger partial charge in [-0.15, -0.1) is 0 Å². The lowest BCUT2D eigenvalue weighted by Crippen LogP contribution is -2.46. The molecule has 1 aliphatic heterocycles. The van der Waals surface area contributed by atoms with Crippen molar-refractivity contribution in [1.29, 1.82) is 0 Å². The number of hydrogen-bond donors (Lipinski definition) is 3. The number of nitrogens with one attached hydrogen (secondary N) is 3. The van der Waals surface area contributed by atoms with E-state index in [1.54, 1.807) is 6.07 Å². The van der Waals surface area contributed by atoms with Gasteiger partial charge in [-0.3, -0.25) is 20.4 Å². The van der Waals surface area contributed by atoms with Crippen LogP contribution >= 0.6 is 0 Å². The normalized spacial score (nSPS) is 12.5. The number of carbonyl (C=O) groups excluding carboxylic acids is 2. The summed E-state index contributed by atoms with van der Waals surface area (Å²) in [5, 5.41) is 0. The molecule has 0 spiro atoms. The molecule has 3 rings (SSSR count). The summed E-state index contributed by atoms with van der Waals surface area (Å²) in [4.78, 5) is 23.6. The molecule has 0 saturated heterocycles. The van der Waals surface area contributed by atoms with Gasteiger partial charge in [0.1, 0.15) is 5.82 Å². The van der Waals surface area contributed by atoms with Crippen molar-refractivity contribution < 1.29 is 31.9 Å². The number of carbonyl (C=O) groups is 2. The Morgan fingerprint density at radius 3 is 2.44 bits per heavy atom. The summed E-state index contributed by atoms with van der Waals surface area (Å²) in [5.41, 5.74) is 4.45. The maximum atomic E-state index is 12.8. The Labute approximate surface area is 153 Å². The number of hydrogen-bond acceptors (Lipinski definition) is 6. The van der Waals surface area contributed by atoms with Gasteiger partial charge in [0.15, 0.2) is 11.5 Å². The summed E-state index contributed by atoms with van der Waals surface area (Å²) < 4.78 is 49.1. The second-order valence-corrected chi connectivity index (χ2v) is 7.12. The minimum absolute atomic E-state index is 0.0609.